The summed E-state index contributed by atoms with van der Waals surface area (Å²) in [6.45, 7) is 0.824. The molecule has 0 heterocycles. The smallest absolute Gasteiger partial charge is 0.124 e. The minimum Gasteiger partial charge on any atom is -0.497 e. The Bertz CT molecular complexity index is 615. The standard InChI is InChI=1S/C16H16N2O2/c1-19-15-6-7-16(14(8-15)10-18)20-11-13-4-2-12(9-17)3-5-13/h2-8H,10-11,18H2,1H3. The SMILES string of the molecule is COc1ccc(OCc2ccc(C#N)cc2)c(CN)c1. The second-order valence-corrected chi connectivity index (χ2v) is 4.28. The molecule has 0 fully saturated rings. The van der Waals surface area contributed by atoms with E-state index >= 15 is 0 Å². The van der Waals surface area contributed by atoms with E-state index in [9.17, 15) is 0 Å². The number of ether oxygens (including phenoxy) is 2. The van der Waals surface area contributed by atoms with Gasteiger partial charge in [0.15, 0.2) is 0 Å². The molecule has 2 aromatic carbocycles. The third kappa shape index (κ3) is 3.28. The third-order valence-corrected chi connectivity index (χ3v) is 2.96. The molecule has 2 N–H and O–H groups in total. The molecule has 0 aliphatic carbocycles. The third-order valence-electron chi connectivity index (χ3n) is 2.96. The van der Waals surface area contributed by atoms with Crippen molar-refractivity contribution in [2.24, 2.45) is 5.73 Å². The van der Waals surface area contributed by atoms with E-state index in [1.165, 1.54) is 0 Å². The van der Waals surface area contributed by atoms with Crippen molar-refractivity contribution in [3.8, 4) is 17.6 Å². The minimum atomic E-state index is 0.389. The van der Waals surface area contributed by atoms with E-state index < -0.39 is 0 Å². The Labute approximate surface area is 118 Å². The van der Waals surface area contributed by atoms with Crippen LogP contribution in [0.5, 0.6) is 11.5 Å². The van der Waals surface area contributed by atoms with Crippen LogP contribution in [0.2, 0.25) is 0 Å². The number of benzene rings is 2. The summed E-state index contributed by atoms with van der Waals surface area (Å²) in [5, 5.41) is 8.75. The van der Waals surface area contributed by atoms with Crippen LogP contribution in [0.15, 0.2) is 42.5 Å². The van der Waals surface area contributed by atoms with E-state index in [-0.39, 0.29) is 0 Å². The maximum absolute atomic E-state index is 8.75. The van der Waals surface area contributed by atoms with Gasteiger partial charge in [-0.1, -0.05) is 12.1 Å². The van der Waals surface area contributed by atoms with Gasteiger partial charge in [-0.25, -0.2) is 0 Å². The first-order valence-electron chi connectivity index (χ1n) is 6.25. The number of nitriles is 1. The number of methoxy groups -OCH3 is 1. The van der Waals surface area contributed by atoms with Crippen LogP contribution >= 0.6 is 0 Å². The molecule has 0 spiro atoms. The lowest BCUT2D eigenvalue weighted by Crippen LogP contribution is -2.03. The van der Waals surface area contributed by atoms with Crippen LogP contribution in [0.4, 0.5) is 0 Å². The van der Waals surface area contributed by atoms with E-state index in [0.29, 0.717) is 18.7 Å². The van der Waals surface area contributed by atoms with Gasteiger partial charge >= 0.3 is 0 Å². The maximum Gasteiger partial charge on any atom is 0.124 e. The molecule has 2 rings (SSSR count). The predicted molar refractivity (Wildman–Crippen MR) is 76.4 cm³/mol. The molecule has 0 saturated carbocycles. The summed E-state index contributed by atoms with van der Waals surface area (Å²) < 4.78 is 10.9. The largest absolute Gasteiger partial charge is 0.497 e. The van der Waals surface area contributed by atoms with Crippen molar-refractivity contribution in [2.45, 2.75) is 13.2 Å². The Kier molecular flexibility index (Phi) is 4.59. The zero-order valence-electron chi connectivity index (χ0n) is 11.3. The first kappa shape index (κ1) is 13.9. The van der Waals surface area contributed by atoms with Crippen molar-refractivity contribution >= 4 is 0 Å². The molecule has 0 unspecified atom stereocenters. The van der Waals surface area contributed by atoms with Gasteiger partial charge in [-0.2, -0.15) is 5.26 Å². The molecule has 0 bridgehead atoms. The molecule has 20 heavy (non-hydrogen) atoms. The van der Waals surface area contributed by atoms with E-state index in [1.807, 2.05) is 30.3 Å². The molecule has 0 amide bonds. The lowest BCUT2D eigenvalue weighted by atomic mass is 10.1. The van der Waals surface area contributed by atoms with Crippen molar-refractivity contribution in [2.75, 3.05) is 7.11 Å². The highest BCUT2D eigenvalue weighted by atomic mass is 16.5. The molecule has 0 radical (unpaired) electrons. The van der Waals surface area contributed by atoms with Gasteiger partial charge in [0.05, 0.1) is 18.7 Å². The van der Waals surface area contributed by atoms with Crippen molar-refractivity contribution in [1.82, 2.24) is 0 Å². The molecule has 0 atom stereocenters. The Morgan fingerprint density at radius 2 is 1.90 bits per heavy atom. The highest BCUT2D eigenvalue weighted by Crippen LogP contribution is 2.24. The molecule has 4 nitrogen and oxygen atoms in total. The van der Waals surface area contributed by atoms with Crippen LogP contribution in [0.25, 0.3) is 0 Å². The quantitative estimate of drug-likeness (QED) is 0.905. The molecule has 102 valence electrons. The predicted octanol–water partition coefficient (Wildman–Crippen LogP) is 2.60. The lowest BCUT2D eigenvalue weighted by molar-refractivity contribution is 0.302. The maximum atomic E-state index is 8.75. The van der Waals surface area contributed by atoms with E-state index in [1.54, 1.807) is 19.2 Å². The molecule has 0 saturated heterocycles. The van der Waals surface area contributed by atoms with Crippen molar-refractivity contribution in [3.63, 3.8) is 0 Å². The van der Waals surface area contributed by atoms with Gasteiger partial charge in [0.1, 0.15) is 18.1 Å². The molecule has 2 aromatic rings. The number of hydrogen-bond donors (Lipinski definition) is 1. The summed E-state index contributed by atoms with van der Waals surface area (Å²) in [4.78, 5) is 0. The highest BCUT2D eigenvalue weighted by Gasteiger charge is 2.05. The fourth-order valence-corrected chi connectivity index (χ4v) is 1.82. The molecule has 0 aromatic heterocycles. The van der Waals surface area contributed by atoms with Gasteiger partial charge in [0.25, 0.3) is 0 Å². The summed E-state index contributed by atoms with van der Waals surface area (Å²) in [7, 11) is 1.62. The fraction of sp³-hybridized carbons (Fsp3) is 0.188. The topological polar surface area (TPSA) is 68.3 Å². The van der Waals surface area contributed by atoms with E-state index in [2.05, 4.69) is 6.07 Å². The van der Waals surface area contributed by atoms with Gasteiger partial charge < -0.3 is 15.2 Å². The zero-order valence-corrected chi connectivity index (χ0v) is 11.3. The Balaban J connectivity index is 2.08. The van der Waals surface area contributed by atoms with E-state index in [0.717, 1.165) is 22.6 Å². The Morgan fingerprint density at radius 1 is 1.15 bits per heavy atom. The minimum absolute atomic E-state index is 0.389. The van der Waals surface area contributed by atoms with Crippen LogP contribution in [0.3, 0.4) is 0 Å². The molecule has 4 heteroatoms. The summed E-state index contributed by atoms with van der Waals surface area (Å²) in [6.07, 6.45) is 0. The van der Waals surface area contributed by atoms with Crippen LogP contribution in [0, 0.1) is 11.3 Å². The van der Waals surface area contributed by atoms with Gasteiger partial charge in [-0.3, -0.25) is 0 Å². The summed E-state index contributed by atoms with van der Waals surface area (Å²) in [5.74, 6) is 1.51. The summed E-state index contributed by atoms with van der Waals surface area (Å²) >= 11 is 0. The number of hydrogen-bond acceptors (Lipinski definition) is 4. The second kappa shape index (κ2) is 6.60. The number of nitrogens with two attached hydrogens (primary N) is 1. The average Bonchev–Trinajstić information content (AvgIpc) is 2.53. The summed E-state index contributed by atoms with van der Waals surface area (Å²) in [6, 6.07) is 15.0. The Morgan fingerprint density at radius 3 is 2.50 bits per heavy atom. The lowest BCUT2D eigenvalue weighted by Gasteiger charge is -2.12. The average molecular weight is 268 g/mol. The van der Waals surface area contributed by atoms with Crippen LogP contribution in [-0.2, 0) is 13.2 Å². The number of rotatable bonds is 5. The first-order chi connectivity index (χ1) is 9.76. The summed E-state index contributed by atoms with van der Waals surface area (Å²) in [5.41, 5.74) is 8.25. The highest BCUT2D eigenvalue weighted by molar-refractivity contribution is 5.40. The van der Waals surface area contributed by atoms with Crippen LogP contribution in [-0.4, -0.2) is 7.11 Å². The molecular formula is C16H16N2O2. The second-order valence-electron chi connectivity index (χ2n) is 4.28. The molecular weight excluding hydrogens is 252 g/mol. The van der Waals surface area contributed by atoms with Crippen LogP contribution < -0.4 is 15.2 Å². The van der Waals surface area contributed by atoms with E-state index in [4.69, 9.17) is 20.5 Å². The van der Waals surface area contributed by atoms with Gasteiger partial charge in [-0.05, 0) is 35.9 Å². The zero-order chi connectivity index (χ0) is 14.4. The van der Waals surface area contributed by atoms with Gasteiger partial charge in [-0.15, -0.1) is 0 Å². The van der Waals surface area contributed by atoms with Gasteiger partial charge in [0.2, 0.25) is 0 Å². The van der Waals surface area contributed by atoms with Crippen molar-refractivity contribution in [1.29, 1.82) is 5.26 Å². The monoisotopic (exact) mass is 268 g/mol. The van der Waals surface area contributed by atoms with Crippen LogP contribution in [0.1, 0.15) is 16.7 Å². The fourth-order valence-electron chi connectivity index (χ4n) is 1.82. The normalized spacial score (nSPS) is 9.85. The number of nitrogens with zero attached hydrogens (tertiary/aromatic N) is 1. The Hall–Kier alpha value is -2.51. The molecule has 0 aliphatic heterocycles. The first-order valence-corrected chi connectivity index (χ1v) is 6.25. The van der Waals surface area contributed by atoms with Crippen molar-refractivity contribution in [3.05, 3.63) is 59.2 Å². The molecule has 0 aliphatic rings. The van der Waals surface area contributed by atoms with Gasteiger partial charge in [0, 0.05) is 12.1 Å². The van der Waals surface area contributed by atoms with Crippen molar-refractivity contribution < 1.29 is 9.47 Å².